The molecule has 20 heavy (non-hydrogen) atoms. The van der Waals surface area contributed by atoms with Gasteiger partial charge < -0.3 is 10.3 Å². The van der Waals surface area contributed by atoms with E-state index >= 15 is 0 Å². The summed E-state index contributed by atoms with van der Waals surface area (Å²) in [5, 5.41) is 3.97. The van der Waals surface area contributed by atoms with E-state index < -0.39 is 0 Å². The smallest absolute Gasteiger partial charge is 0.258 e. The average molecular weight is 266 g/mol. The van der Waals surface area contributed by atoms with Gasteiger partial charge >= 0.3 is 0 Å². The number of aryl methyl sites for hydroxylation is 1. The van der Waals surface area contributed by atoms with Gasteiger partial charge in [-0.2, -0.15) is 4.98 Å². The largest absolute Gasteiger partial charge is 0.334 e. The molecule has 0 unspecified atom stereocenters. The third-order valence-corrected chi connectivity index (χ3v) is 2.98. The summed E-state index contributed by atoms with van der Waals surface area (Å²) in [7, 11) is 0. The number of hydrogen-bond donors (Lipinski definition) is 1. The molecule has 3 rings (SSSR count). The van der Waals surface area contributed by atoms with Gasteiger partial charge in [0, 0.05) is 17.8 Å². The minimum Gasteiger partial charge on any atom is -0.334 e. The Hall–Kier alpha value is -2.53. The maximum absolute atomic E-state index is 5.57. The Kier molecular flexibility index (Phi) is 3.26. The monoisotopic (exact) mass is 266 g/mol. The molecule has 0 atom stereocenters. The Balaban J connectivity index is 1.93. The molecule has 2 aromatic heterocycles. The van der Waals surface area contributed by atoms with Crippen molar-refractivity contribution in [3.05, 3.63) is 53.7 Å². The Morgan fingerprint density at radius 1 is 1.05 bits per heavy atom. The number of hydrogen-bond acceptors (Lipinski definition) is 5. The van der Waals surface area contributed by atoms with E-state index in [-0.39, 0.29) is 0 Å². The number of pyridine rings is 1. The lowest BCUT2D eigenvalue weighted by molar-refractivity contribution is 0.432. The molecule has 0 spiro atoms. The summed E-state index contributed by atoms with van der Waals surface area (Å²) in [6.45, 7) is 2.44. The van der Waals surface area contributed by atoms with Crippen LogP contribution >= 0.6 is 0 Å². The van der Waals surface area contributed by atoms with E-state index in [9.17, 15) is 0 Å². The van der Waals surface area contributed by atoms with Gasteiger partial charge in [-0.1, -0.05) is 23.4 Å². The number of aromatic nitrogens is 3. The van der Waals surface area contributed by atoms with E-state index in [0.29, 0.717) is 24.0 Å². The minimum absolute atomic E-state index is 0.479. The molecule has 100 valence electrons. The molecule has 1 aromatic carbocycles. The van der Waals surface area contributed by atoms with E-state index in [2.05, 4.69) is 15.1 Å². The van der Waals surface area contributed by atoms with E-state index in [1.807, 2.05) is 49.4 Å². The zero-order valence-corrected chi connectivity index (χ0v) is 11.1. The molecule has 0 aliphatic heterocycles. The van der Waals surface area contributed by atoms with Crippen molar-refractivity contribution in [2.45, 2.75) is 13.5 Å². The van der Waals surface area contributed by atoms with Crippen molar-refractivity contribution in [2.24, 2.45) is 5.73 Å². The van der Waals surface area contributed by atoms with Crippen LogP contribution in [-0.2, 0) is 6.54 Å². The molecule has 0 radical (unpaired) electrons. The van der Waals surface area contributed by atoms with E-state index in [1.165, 1.54) is 0 Å². The normalized spacial score (nSPS) is 10.7. The highest BCUT2D eigenvalue weighted by Gasteiger charge is 2.11. The van der Waals surface area contributed by atoms with E-state index in [4.69, 9.17) is 10.3 Å². The highest BCUT2D eigenvalue weighted by Crippen LogP contribution is 2.21. The second kappa shape index (κ2) is 5.22. The molecule has 0 amide bonds. The predicted molar refractivity (Wildman–Crippen MR) is 75.6 cm³/mol. The highest BCUT2D eigenvalue weighted by atomic mass is 16.5. The highest BCUT2D eigenvalue weighted by molar-refractivity contribution is 5.57. The minimum atomic E-state index is 0.479. The summed E-state index contributed by atoms with van der Waals surface area (Å²) in [5.41, 5.74) is 9.13. The van der Waals surface area contributed by atoms with Crippen LogP contribution < -0.4 is 5.73 Å². The van der Waals surface area contributed by atoms with Crippen molar-refractivity contribution in [2.75, 3.05) is 0 Å². The van der Waals surface area contributed by atoms with Crippen LogP contribution in [0.3, 0.4) is 0 Å². The lowest BCUT2D eigenvalue weighted by atomic mass is 10.1. The molecule has 2 N–H and O–H groups in total. The SMILES string of the molecule is Cc1cccc(-c2noc(-c3ccc(CN)cc3)n2)n1. The molecular formula is C15H14N4O. The first-order chi connectivity index (χ1) is 9.76. The van der Waals surface area contributed by atoms with Gasteiger partial charge in [0.25, 0.3) is 5.89 Å². The van der Waals surface area contributed by atoms with Crippen molar-refractivity contribution in [1.29, 1.82) is 0 Å². The Morgan fingerprint density at radius 2 is 1.85 bits per heavy atom. The van der Waals surface area contributed by atoms with Gasteiger partial charge in [0.1, 0.15) is 5.69 Å². The lowest BCUT2D eigenvalue weighted by Gasteiger charge is -1.97. The third-order valence-electron chi connectivity index (χ3n) is 2.98. The third kappa shape index (κ3) is 2.44. The maximum atomic E-state index is 5.57. The molecule has 0 fully saturated rings. The second-order valence-electron chi connectivity index (χ2n) is 4.49. The zero-order valence-electron chi connectivity index (χ0n) is 11.1. The Labute approximate surface area is 116 Å². The van der Waals surface area contributed by atoms with Gasteiger partial charge in [0.05, 0.1) is 0 Å². The van der Waals surface area contributed by atoms with Crippen LogP contribution in [0, 0.1) is 6.92 Å². The first-order valence-corrected chi connectivity index (χ1v) is 6.33. The summed E-state index contributed by atoms with van der Waals surface area (Å²) < 4.78 is 5.29. The molecule has 0 bridgehead atoms. The summed E-state index contributed by atoms with van der Waals surface area (Å²) in [4.78, 5) is 8.75. The van der Waals surface area contributed by atoms with Gasteiger partial charge in [0.15, 0.2) is 0 Å². The van der Waals surface area contributed by atoms with Crippen LogP contribution in [0.1, 0.15) is 11.3 Å². The number of rotatable bonds is 3. The maximum Gasteiger partial charge on any atom is 0.258 e. The molecule has 0 aliphatic rings. The van der Waals surface area contributed by atoms with Gasteiger partial charge in [-0.05, 0) is 36.8 Å². The van der Waals surface area contributed by atoms with Crippen LogP contribution in [0.15, 0.2) is 47.0 Å². The summed E-state index contributed by atoms with van der Waals surface area (Å²) in [5.74, 6) is 0.971. The molecule has 3 aromatic rings. The summed E-state index contributed by atoms with van der Waals surface area (Å²) in [6, 6.07) is 13.4. The number of nitrogens with zero attached hydrogens (tertiary/aromatic N) is 3. The first-order valence-electron chi connectivity index (χ1n) is 6.33. The van der Waals surface area contributed by atoms with Crippen LogP contribution in [0.4, 0.5) is 0 Å². The molecule has 0 saturated carbocycles. The van der Waals surface area contributed by atoms with Gasteiger partial charge in [-0.3, -0.25) is 0 Å². The number of nitrogens with two attached hydrogens (primary N) is 1. The van der Waals surface area contributed by atoms with Crippen molar-refractivity contribution in [3.8, 4) is 23.0 Å². The molecule has 0 saturated heterocycles. The summed E-state index contributed by atoms with van der Waals surface area (Å²) in [6.07, 6.45) is 0. The standard InChI is InChI=1S/C15H14N4O/c1-10-3-2-4-13(17-10)14-18-15(20-19-14)12-7-5-11(9-16)6-8-12/h2-8H,9,16H2,1H3. The van der Waals surface area contributed by atoms with Crippen LogP contribution in [0.25, 0.3) is 23.0 Å². The Morgan fingerprint density at radius 3 is 2.55 bits per heavy atom. The average Bonchev–Trinajstić information content (AvgIpc) is 2.97. The quantitative estimate of drug-likeness (QED) is 0.788. The van der Waals surface area contributed by atoms with E-state index in [0.717, 1.165) is 16.8 Å². The lowest BCUT2D eigenvalue weighted by Crippen LogP contribution is -1.95. The molecule has 2 heterocycles. The van der Waals surface area contributed by atoms with Crippen molar-refractivity contribution >= 4 is 0 Å². The molecule has 5 heteroatoms. The fraction of sp³-hybridized carbons (Fsp3) is 0.133. The fourth-order valence-corrected chi connectivity index (χ4v) is 1.90. The van der Waals surface area contributed by atoms with Crippen LogP contribution in [0.5, 0.6) is 0 Å². The molecular weight excluding hydrogens is 252 g/mol. The fourth-order valence-electron chi connectivity index (χ4n) is 1.90. The number of benzene rings is 1. The molecule has 5 nitrogen and oxygen atoms in total. The van der Waals surface area contributed by atoms with Gasteiger partial charge in [0.2, 0.25) is 5.82 Å². The van der Waals surface area contributed by atoms with Crippen LogP contribution in [-0.4, -0.2) is 15.1 Å². The topological polar surface area (TPSA) is 77.8 Å². The predicted octanol–water partition coefficient (Wildman–Crippen LogP) is 2.57. The zero-order chi connectivity index (χ0) is 13.9. The first kappa shape index (κ1) is 12.5. The van der Waals surface area contributed by atoms with Crippen molar-refractivity contribution < 1.29 is 4.52 Å². The van der Waals surface area contributed by atoms with Crippen LogP contribution in [0.2, 0.25) is 0 Å². The van der Waals surface area contributed by atoms with Crippen molar-refractivity contribution in [3.63, 3.8) is 0 Å². The molecule has 0 aliphatic carbocycles. The Bertz CT molecular complexity index is 719. The van der Waals surface area contributed by atoms with Gasteiger partial charge in [-0.15, -0.1) is 0 Å². The summed E-state index contributed by atoms with van der Waals surface area (Å²) >= 11 is 0. The van der Waals surface area contributed by atoms with Gasteiger partial charge in [-0.25, -0.2) is 4.98 Å². The van der Waals surface area contributed by atoms with Crippen molar-refractivity contribution in [1.82, 2.24) is 15.1 Å². The second-order valence-corrected chi connectivity index (χ2v) is 4.49. The van der Waals surface area contributed by atoms with E-state index in [1.54, 1.807) is 0 Å².